The largest absolute Gasteiger partial charge is 0.378 e. The van der Waals surface area contributed by atoms with E-state index in [1.54, 1.807) is 18.2 Å². The molecule has 0 bridgehead atoms. The van der Waals surface area contributed by atoms with Crippen LogP contribution in [0.3, 0.4) is 0 Å². The zero-order chi connectivity index (χ0) is 16.1. The molecule has 120 valence electrons. The van der Waals surface area contributed by atoms with Crippen molar-refractivity contribution in [3.05, 3.63) is 34.4 Å². The molecule has 0 radical (unpaired) electrons. The fourth-order valence-corrected chi connectivity index (χ4v) is 2.66. The van der Waals surface area contributed by atoms with Crippen LogP contribution in [0.4, 0.5) is 11.4 Å². The Morgan fingerprint density at radius 3 is 2.73 bits per heavy atom. The fourth-order valence-electron chi connectivity index (χ4n) is 2.15. The quantitative estimate of drug-likeness (QED) is 0.254. The third kappa shape index (κ3) is 3.93. The summed E-state index contributed by atoms with van der Waals surface area (Å²) in [6.45, 7) is 2.74. The Labute approximate surface area is 136 Å². The lowest BCUT2D eigenvalue weighted by Crippen LogP contribution is -2.47. The second-order valence-electron chi connectivity index (χ2n) is 4.99. The molecule has 0 aliphatic carbocycles. The number of carbonyl (C=O) groups is 1. The number of benzene rings is 1. The molecule has 1 saturated heterocycles. The van der Waals surface area contributed by atoms with Gasteiger partial charge in [-0.2, -0.15) is 0 Å². The van der Waals surface area contributed by atoms with Crippen LogP contribution >= 0.6 is 15.9 Å². The van der Waals surface area contributed by atoms with Gasteiger partial charge in [0, 0.05) is 25.2 Å². The van der Waals surface area contributed by atoms with Crippen LogP contribution < -0.4 is 21.5 Å². The van der Waals surface area contributed by atoms with Crippen LogP contribution in [0.25, 0.3) is 0 Å². The normalized spacial score (nSPS) is 24.0. The van der Waals surface area contributed by atoms with Crippen molar-refractivity contribution in [2.75, 3.05) is 18.4 Å². The van der Waals surface area contributed by atoms with Crippen molar-refractivity contribution in [1.29, 1.82) is 0 Å². The number of nitro benzene ring substituents is 1. The molecule has 1 aromatic carbocycles. The van der Waals surface area contributed by atoms with E-state index in [4.69, 9.17) is 0 Å². The van der Waals surface area contributed by atoms with Crippen LogP contribution in [-0.4, -0.2) is 40.8 Å². The van der Waals surface area contributed by atoms with Gasteiger partial charge in [-0.3, -0.25) is 20.3 Å². The number of nitro groups is 1. The summed E-state index contributed by atoms with van der Waals surface area (Å²) in [7, 11) is 0. The zero-order valence-corrected chi connectivity index (χ0v) is 13.6. The number of rotatable bonds is 6. The molecule has 0 aromatic heterocycles. The van der Waals surface area contributed by atoms with E-state index in [0.29, 0.717) is 18.8 Å². The highest BCUT2D eigenvalue weighted by Crippen LogP contribution is 2.22. The average molecular weight is 372 g/mol. The summed E-state index contributed by atoms with van der Waals surface area (Å²) in [5.41, 5.74) is 6.37. The fraction of sp³-hybridized carbons (Fsp3) is 0.462. The van der Waals surface area contributed by atoms with Gasteiger partial charge in [0.15, 0.2) is 0 Å². The molecule has 0 spiro atoms. The Bertz CT molecular complexity index is 556. The molecule has 22 heavy (non-hydrogen) atoms. The summed E-state index contributed by atoms with van der Waals surface area (Å²) >= 11 is 3.47. The highest BCUT2D eigenvalue weighted by atomic mass is 79.9. The zero-order valence-electron chi connectivity index (χ0n) is 12.0. The number of para-hydroxylation sites is 2. The predicted octanol–water partition coefficient (Wildman–Crippen LogP) is 0.751. The minimum Gasteiger partial charge on any atom is -0.378 e. The van der Waals surface area contributed by atoms with Gasteiger partial charge in [0.25, 0.3) is 5.69 Å². The molecule has 4 N–H and O–H groups in total. The lowest BCUT2D eigenvalue weighted by atomic mass is 10.1. The first-order chi connectivity index (χ1) is 10.5. The Balaban J connectivity index is 1.78. The highest BCUT2D eigenvalue weighted by molar-refractivity contribution is 9.09. The van der Waals surface area contributed by atoms with Crippen molar-refractivity contribution < 1.29 is 9.72 Å². The van der Waals surface area contributed by atoms with Crippen molar-refractivity contribution in [1.82, 2.24) is 16.2 Å². The second-order valence-corrected chi connectivity index (χ2v) is 6.05. The predicted molar refractivity (Wildman–Crippen MR) is 86.8 cm³/mol. The summed E-state index contributed by atoms with van der Waals surface area (Å²) in [6.07, 6.45) is 0. The van der Waals surface area contributed by atoms with Crippen LogP contribution in [0.2, 0.25) is 0 Å². The van der Waals surface area contributed by atoms with Crippen LogP contribution in [0.1, 0.15) is 6.92 Å². The number of hydrogen-bond acceptors (Lipinski definition) is 6. The average Bonchev–Trinajstić information content (AvgIpc) is 2.83. The molecule has 1 aliphatic heterocycles. The maximum Gasteiger partial charge on any atom is 0.292 e. The standard InChI is InChI=1S/C13H18BrN5O3/c1-8-11(14)12(18-17-8)13(20)16-7-6-15-9-4-2-3-5-10(9)19(21)22/h2-5,8,11-12,15,17-18H,6-7H2,1H3,(H,16,20). The topological polar surface area (TPSA) is 108 Å². The molecule has 9 heteroatoms. The molecule has 1 amide bonds. The van der Waals surface area contributed by atoms with E-state index in [1.807, 2.05) is 6.92 Å². The Morgan fingerprint density at radius 1 is 1.36 bits per heavy atom. The molecule has 1 fully saturated rings. The van der Waals surface area contributed by atoms with Gasteiger partial charge in [0.1, 0.15) is 11.7 Å². The first-order valence-electron chi connectivity index (χ1n) is 6.91. The number of nitrogens with zero attached hydrogens (tertiary/aromatic N) is 1. The van der Waals surface area contributed by atoms with E-state index in [-0.39, 0.29) is 28.5 Å². The lowest BCUT2D eigenvalue weighted by Gasteiger charge is -2.15. The van der Waals surface area contributed by atoms with Crippen molar-refractivity contribution in [2.24, 2.45) is 0 Å². The first kappa shape index (κ1) is 16.7. The summed E-state index contributed by atoms with van der Waals surface area (Å²) in [5.74, 6) is -0.122. The summed E-state index contributed by atoms with van der Waals surface area (Å²) < 4.78 is 0. The second kappa shape index (κ2) is 7.52. The lowest BCUT2D eigenvalue weighted by molar-refractivity contribution is -0.384. The Kier molecular flexibility index (Phi) is 5.69. The number of anilines is 1. The number of halogens is 1. The monoisotopic (exact) mass is 371 g/mol. The van der Waals surface area contributed by atoms with Gasteiger partial charge in [-0.1, -0.05) is 28.1 Å². The molecular formula is C13H18BrN5O3. The minimum atomic E-state index is -0.439. The van der Waals surface area contributed by atoms with E-state index in [1.165, 1.54) is 6.07 Å². The third-order valence-electron chi connectivity index (χ3n) is 3.39. The number of hydrogen-bond donors (Lipinski definition) is 4. The molecule has 1 aliphatic rings. The Morgan fingerprint density at radius 2 is 2.09 bits per heavy atom. The summed E-state index contributed by atoms with van der Waals surface area (Å²) in [5, 5.41) is 16.6. The highest BCUT2D eigenvalue weighted by Gasteiger charge is 2.35. The number of hydrazine groups is 1. The van der Waals surface area contributed by atoms with Gasteiger partial charge >= 0.3 is 0 Å². The van der Waals surface area contributed by atoms with Crippen LogP contribution in [0.5, 0.6) is 0 Å². The summed E-state index contributed by atoms with van der Waals surface area (Å²) in [6, 6.07) is 6.21. The van der Waals surface area contributed by atoms with E-state index < -0.39 is 4.92 Å². The van der Waals surface area contributed by atoms with Crippen LogP contribution in [0, 0.1) is 10.1 Å². The molecule has 3 unspecified atom stereocenters. The van der Waals surface area contributed by atoms with Crippen molar-refractivity contribution >= 4 is 33.2 Å². The molecule has 1 heterocycles. The van der Waals surface area contributed by atoms with Gasteiger partial charge < -0.3 is 10.6 Å². The van der Waals surface area contributed by atoms with Gasteiger partial charge in [-0.05, 0) is 13.0 Å². The SMILES string of the molecule is CC1NNC(C(=O)NCCNc2ccccc2[N+](=O)[O-])C1Br. The number of alkyl halides is 1. The molecule has 8 nitrogen and oxygen atoms in total. The van der Waals surface area contributed by atoms with E-state index >= 15 is 0 Å². The van der Waals surface area contributed by atoms with E-state index in [2.05, 4.69) is 37.4 Å². The number of amides is 1. The van der Waals surface area contributed by atoms with Gasteiger partial charge in [0.05, 0.1) is 9.75 Å². The smallest absolute Gasteiger partial charge is 0.292 e. The molecule has 3 atom stereocenters. The molecule has 1 aromatic rings. The minimum absolute atomic E-state index is 0.00988. The maximum absolute atomic E-state index is 12.0. The van der Waals surface area contributed by atoms with E-state index in [9.17, 15) is 14.9 Å². The van der Waals surface area contributed by atoms with Crippen molar-refractivity contribution in [2.45, 2.75) is 23.8 Å². The number of carbonyl (C=O) groups excluding carboxylic acids is 1. The Hall–Kier alpha value is -1.71. The van der Waals surface area contributed by atoms with Crippen LogP contribution in [0.15, 0.2) is 24.3 Å². The van der Waals surface area contributed by atoms with Gasteiger partial charge in [0.2, 0.25) is 5.91 Å². The first-order valence-corrected chi connectivity index (χ1v) is 7.82. The van der Waals surface area contributed by atoms with Gasteiger partial charge in [-0.25, -0.2) is 5.43 Å². The molecular weight excluding hydrogens is 354 g/mol. The van der Waals surface area contributed by atoms with Crippen molar-refractivity contribution in [3.63, 3.8) is 0 Å². The van der Waals surface area contributed by atoms with Crippen molar-refractivity contribution in [3.8, 4) is 0 Å². The maximum atomic E-state index is 12.0. The van der Waals surface area contributed by atoms with E-state index in [0.717, 1.165) is 0 Å². The molecule has 0 saturated carbocycles. The molecule has 2 rings (SSSR count). The summed E-state index contributed by atoms with van der Waals surface area (Å²) in [4.78, 5) is 22.5. The number of nitrogens with one attached hydrogen (secondary N) is 4. The van der Waals surface area contributed by atoms with Gasteiger partial charge in [-0.15, -0.1) is 0 Å². The van der Waals surface area contributed by atoms with Crippen LogP contribution in [-0.2, 0) is 4.79 Å². The third-order valence-corrected chi connectivity index (χ3v) is 4.71.